The number of hydrogen-bond donors (Lipinski definition) is 0. The molecular formula is C19H28N4O4. The summed E-state index contributed by atoms with van der Waals surface area (Å²) in [5, 5.41) is 0. The minimum absolute atomic E-state index is 0.129. The van der Waals surface area contributed by atoms with Crippen LogP contribution in [0.25, 0.3) is 0 Å². The van der Waals surface area contributed by atoms with Crippen molar-refractivity contribution in [3.8, 4) is 0 Å². The van der Waals surface area contributed by atoms with Crippen molar-refractivity contribution in [1.29, 1.82) is 0 Å². The summed E-state index contributed by atoms with van der Waals surface area (Å²) >= 11 is 0. The summed E-state index contributed by atoms with van der Waals surface area (Å²) in [7, 11) is 1.81. The number of nitrogens with zero attached hydrogens (tertiary/aromatic N) is 4. The SMILES string of the molecule is Cn1ccnc1C(=O)N1CCCOC2(C1)CN(C(=O)C1CCCC1)CCO2. The Balaban J connectivity index is 1.49. The molecule has 1 aliphatic carbocycles. The summed E-state index contributed by atoms with van der Waals surface area (Å²) in [6, 6.07) is 0. The van der Waals surface area contributed by atoms with Crippen molar-refractivity contribution in [1.82, 2.24) is 19.4 Å². The predicted octanol–water partition coefficient (Wildman–Crippen LogP) is 1.03. The van der Waals surface area contributed by atoms with Crippen molar-refractivity contribution in [2.45, 2.75) is 37.9 Å². The smallest absolute Gasteiger partial charge is 0.290 e. The lowest BCUT2D eigenvalue weighted by Crippen LogP contribution is -2.60. The normalized spacial score (nSPS) is 27.1. The van der Waals surface area contributed by atoms with Gasteiger partial charge < -0.3 is 23.8 Å². The molecule has 2 saturated heterocycles. The summed E-state index contributed by atoms with van der Waals surface area (Å²) < 4.78 is 13.8. The van der Waals surface area contributed by atoms with Gasteiger partial charge in [-0.15, -0.1) is 0 Å². The van der Waals surface area contributed by atoms with Gasteiger partial charge in [0.25, 0.3) is 5.91 Å². The molecule has 2 amide bonds. The number of carbonyl (C=O) groups is 2. The zero-order valence-electron chi connectivity index (χ0n) is 15.9. The Kier molecular flexibility index (Phi) is 5.19. The summed E-state index contributed by atoms with van der Waals surface area (Å²) in [5.74, 6) is -0.317. The number of aromatic nitrogens is 2. The molecule has 0 radical (unpaired) electrons. The van der Waals surface area contributed by atoms with Crippen LogP contribution in [-0.4, -0.2) is 76.3 Å². The van der Waals surface area contributed by atoms with Gasteiger partial charge in [0, 0.05) is 38.4 Å². The number of imidazole rings is 1. The molecule has 3 heterocycles. The first-order valence-electron chi connectivity index (χ1n) is 9.91. The van der Waals surface area contributed by atoms with Crippen molar-refractivity contribution in [3.05, 3.63) is 18.2 Å². The molecule has 3 aliphatic rings. The van der Waals surface area contributed by atoms with Crippen LogP contribution in [0.4, 0.5) is 0 Å². The molecule has 3 fully saturated rings. The van der Waals surface area contributed by atoms with Gasteiger partial charge in [0.15, 0.2) is 5.82 Å². The Labute approximate surface area is 159 Å². The van der Waals surface area contributed by atoms with Crippen molar-refractivity contribution >= 4 is 11.8 Å². The van der Waals surface area contributed by atoms with Gasteiger partial charge in [-0.1, -0.05) is 12.8 Å². The Morgan fingerprint density at radius 3 is 2.56 bits per heavy atom. The number of amides is 2. The van der Waals surface area contributed by atoms with E-state index < -0.39 is 5.79 Å². The van der Waals surface area contributed by atoms with E-state index in [1.54, 1.807) is 21.9 Å². The van der Waals surface area contributed by atoms with Crippen LogP contribution in [-0.2, 0) is 21.3 Å². The summed E-state index contributed by atoms with van der Waals surface area (Å²) in [4.78, 5) is 33.6. The van der Waals surface area contributed by atoms with Crippen molar-refractivity contribution in [2.24, 2.45) is 13.0 Å². The van der Waals surface area contributed by atoms with Gasteiger partial charge in [0.2, 0.25) is 11.7 Å². The van der Waals surface area contributed by atoms with Gasteiger partial charge in [-0.05, 0) is 19.3 Å². The quantitative estimate of drug-likeness (QED) is 0.770. The highest BCUT2D eigenvalue weighted by atomic mass is 16.7. The fourth-order valence-electron chi connectivity index (χ4n) is 4.37. The third-order valence-corrected chi connectivity index (χ3v) is 5.84. The maximum atomic E-state index is 12.9. The van der Waals surface area contributed by atoms with E-state index in [2.05, 4.69) is 4.98 Å². The third-order valence-electron chi connectivity index (χ3n) is 5.84. The lowest BCUT2D eigenvalue weighted by Gasteiger charge is -2.43. The number of morpholine rings is 1. The van der Waals surface area contributed by atoms with Crippen LogP contribution in [0.15, 0.2) is 12.4 Å². The number of carbonyl (C=O) groups excluding carboxylic acids is 2. The molecule has 2 aliphatic heterocycles. The molecule has 0 aromatic carbocycles. The number of rotatable bonds is 2. The number of ether oxygens (including phenoxy) is 2. The first kappa shape index (κ1) is 18.4. The van der Waals surface area contributed by atoms with Crippen LogP contribution in [0, 0.1) is 5.92 Å². The van der Waals surface area contributed by atoms with Gasteiger partial charge in [0.05, 0.1) is 26.3 Å². The second-order valence-electron chi connectivity index (χ2n) is 7.79. The highest BCUT2D eigenvalue weighted by Gasteiger charge is 2.44. The lowest BCUT2D eigenvalue weighted by molar-refractivity contribution is -0.263. The Morgan fingerprint density at radius 2 is 1.81 bits per heavy atom. The molecule has 1 unspecified atom stereocenters. The molecule has 148 valence electrons. The topological polar surface area (TPSA) is 76.9 Å². The molecule has 8 nitrogen and oxygen atoms in total. The maximum absolute atomic E-state index is 12.9. The average Bonchev–Trinajstić information content (AvgIpc) is 3.31. The standard InChI is InChI=1S/C19H28N4O4/c1-21-9-7-20-16(21)18(25)22-8-4-11-26-19(13-22)14-23(10-12-27-19)17(24)15-5-2-3-6-15/h7,9,15H,2-6,8,10-14H2,1H3. The number of hydrogen-bond acceptors (Lipinski definition) is 5. The minimum atomic E-state index is -0.941. The van der Waals surface area contributed by atoms with E-state index in [0.717, 1.165) is 32.1 Å². The zero-order chi connectivity index (χ0) is 18.9. The maximum Gasteiger partial charge on any atom is 0.290 e. The van der Waals surface area contributed by atoms with E-state index >= 15 is 0 Å². The Hall–Kier alpha value is -1.93. The molecule has 27 heavy (non-hydrogen) atoms. The van der Waals surface area contributed by atoms with Gasteiger partial charge in [-0.3, -0.25) is 9.59 Å². The van der Waals surface area contributed by atoms with Gasteiger partial charge in [0.1, 0.15) is 0 Å². The Morgan fingerprint density at radius 1 is 1.07 bits per heavy atom. The zero-order valence-corrected chi connectivity index (χ0v) is 15.9. The lowest BCUT2D eigenvalue weighted by atomic mass is 10.1. The predicted molar refractivity (Wildman–Crippen MR) is 96.9 cm³/mol. The number of aryl methyl sites for hydroxylation is 1. The first-order valence-corrected chi connectivity index (χ1v) is 9.91. The molecule has 1 aromatic heterocycles. The molecule has 1 aromatic rings. The first-order chi connectivity index (χ1) is 13.1. The van der Waals surface area contributed by atoms with Gasteiger partial charge >= 0.3 is 0 Å². The van der Waals surface area contributed by atoms with E-state index in [9.17, 15) is 9.59 Å². The van der Waals surface area contributed by atoms with Crippen LogP contribution >= 0.6 is 0 Å². The highest BCUT2D eigenvalue weighted by molar-refractivity contribution is 5.90. The van der Waals surface area contributed by atoms with Crippen LogP contribution in [0.5, 0.6) is 0 Å². The van der Waals surface area contributed by atoms with Gasteiger partial charge in [-0.2, -0.15) is 0 Å². The van der Waals surface area contributed by atoms with E-state index in [-0.39, 0.29) is 17.7 Å². The molecular weight excluding hydrogens is 348 g/mol. The van der Waals surface area contributed by atoms with Crippen LogP contribution in [0.1, 0.15) is 42.7 Å². The molecule has 1 saturated carbocycles. The monoisotopic (exact) mass is 376 g/mol. The van der Waals surface area contributed by atoms with Crippen molar-refractivity contribution in [3.63, 3.8) is 0 Å². The van der Waals surface area contributed by atoms with E-state index in [1.165, 1.54) is 0 Å². The Bertz CT molecular complexity index is 700. The third kappa shape index (κ3) is 3.73. The van der Waals surface area contributed by atoms with E-state index in [0.29, 0.717) is 45.2 Å². The molecule has 1 atom stereocenters. The summed E-state index contributed by atoms with van der Waals surface area (Å²) in [6.45, 7) is 2.82. The average molecular weight is 376 g/mol. The van der Waals surface area contributed by atoms with E-state index in [4.69, 9.17) is 9.47 Å². The molecule has 0 bridgehead atoms. The van der Waals surface area contributed by atoms with Crippen molar-refractivity contribution < 1.29 is 19.1 Å². The van der Waals surface area contributed by atoms with Gasteiger partial charge in [-0.25, -0.2) is 4.98 Å². The van der Waals surface area contributed by atoms with Crippen LogP contribution in [0.2, 0.25) is 0 Å². The minimum Gasteiger partial charge on any atom is -0.347 e. The molecule has 1 spiro atoms. The molecule has 0 N–H and O–H groups in total. The fourth-order valence-corrected chi connectivity index (χ4v) is 4.37. The van der Waals surface area contributed by atoms with Crippen LogP contribution in [0.3, 0.4) is 0 Å². The largest absolute Gasteiger partial charge is 0.347 e. The second-order valence-corrected chi connectivity index (χ2v) is 7.79. The molecule has 4 rings (SSSR count). The summed E-state index contributed by atoms with van der Waals surface area (Å²) in [6.07, 6.45) is 8.34. The van der Waals surface area contributed by atoms with Crippen LogP contribution < -0.4 is 0 Å². The molecule has 8 heteroatoms. The van der Waals surface area contributed by atoms with E-state index in [1.807, 2.05) is 11.9 Å². The summed E-state index contributed by atoms with van der Waals surface area (Å²) in [5.41, 5.74) is 0. The fraction of sp³-hybridized carbons (Fsp3) is 0.737. The second kappa shape index (κ2) is 7.59. The van der Waals surface area contributed by atoms with Crippen molar-refractivity contribution in [2.75, 3.05) is 39.4 Å². The highest BCUT2D eigenvalue weighted by Crippen LogP contribution is 2.30.